The average molecular weight is 229 g/mol. The van der Waals surface area contributed by atoms with E-state index in [-0.39, 0.29) is 12.1 Å². The quantitative estimate of drug-likeness (QED) is 0.486. The van der Waals surface area contributed by atoms with E-state index in [4.69, 9.17) is 0 Å². The fourth-order valence-corrected chi connectivity index (χ4v) is 2.01. The number of hydrogen-bond donors (Lipinski definition) is 3. The maximum absolute atomic E-state index is 9.18. The number of H-pyrrole nitrogens is 1. The summed E-state index contributed by atoms with van der Waals surface area (Å²) in [6.07, 6.45) is 5.61. The lowest BCUT2D eigenvalue weighted by Gasteiger charge is -2.26. The van der Waals surface area contributed by atoms with E-state index < -0.39 is 0 Å². The number of likely N-dealkylation sites (N-methyl/N-ethyl adjacent to an activating group) is 1. The lowest BCUT2D eigenvalue weighted by Crippen LogP contribution is -2.43. The second-order valence-corrected chi connectivity index (χ2v) is 4.90. The first-order valence-corrected chi connectivity index (χ1v) is 6.11. The lowest BCUT2D eigenvalue weighted by molar-refractivity contribution is 0.173. The van der Waals surface area contributed by atoms with Crippen LogP contribution in [0.2, 0.25) is 0 Å². The van der Waals surface area contributed by atoms with Crippen LogP contribution in [-0.2, 0) is 0 Å². The van der Waals surface area contributed by atoms with Gasteiger partial charge in [0.2, 0.25) is 0 Å². The molecule has 1 rings (SSSR count). The molecular weight excluding hydrogens is 210 g/mol. The molecule has 0 aliphatic heterocycles. The molecule has 0 aromatic carbocycles. The fraction of sp³-hybridized carbons (Fsp3) is 0.700. The van der Waals surface area contributed by atoms with Crippen molar-refractivity contribution in [2.75, 3.05) is 19.4 Å². The van der Waals surface area contributed by atoms with Crippen molar-refractivity contribution in [1.82, 2.24) is 15.3 Å². The Morgan fingerprint density at radius 2 is 2.47 bits per heavy atom. The Kier molecular flexibility index (Phi) is 5.14. The second-order valence-electron chi connectivity index (χ2n) is 3.82. The van der Waals surface area contributed by atoms with Gasteiger partial charge in [-0.25, -0.2) is 4.98 Å². The van der Waals surface area contributed by atoms with Crippen molar-refractivity contribution in [2.24, 2.45) is 0 Å². The van der Waals surface area contributed by atoms with Gasteiger partial charge in [-0.3, -0.25) is 0 Å². The lowest BCUT2D eigenvalue weighted by atomic mass is 9.98. The summed E-state index contributed by atoms with van der Waals surface area (Å²) in [5, 5.41) is 13.3. The Morgan fingerprint density at radius 3 is 3.00 bits per heavy atom. The monoisotopic (exact) mass is 229 g/mol. The number of imidazole rings is 1. The third-order valence-corrected chi connectivity index (χ3v) is 3.53. The van der Waals surface area contributed by atoms with Crippen molar-refractivity contribution in [3.05, 3.63) is 12.4 Å². The molecule has 0 saturated heterocycles. The van der Waals surface area contributed by atoms with Crippen LogP contribution < -0.4 is 5.32 Å². The third-order valence-electron chi connectivity index (χ3n) is 2.54. The van der Waals surface area contributed by atoms with Crippen LogP contribution in [0, 0.1) is 0 Å². The number of nitrogens with one attached hydrogen (secondary N) is 2. The van der Waals surface area contributed by atoms with Crippen LogP contribution in [0.3, 0.4) is 0 Å². The number of hydrogen-bond acceptors (Lipinski definition) is 4. The van der Waals surface area contributed by atoms with Crippen LogP contribution in [0.1, 0.15) is 19.8 Å². The minimum atomic E-state index is -0.149. The van der Waals surface area contributed by atoms with Crippen molar-refractivity contribution in [3.63, 3.8) is 0 Å². The van der Waals surface area contributed by atoms with Gasteiger partial charge in [0.05, 0.1) is 6.61 Å². The second kappa shape index (κ2) is 6.15. The topological polar surface area (TPSA) is 60.9 Å². The molecule has 1 atom stereocenters. The normalized spacial score (nSPS) is 15.1. The molecular formula is C10H19N3OS. The van der Waals surface area contributed by atoms with Crippen molar-refractivity contribution < 1.29 is 5.11 Å². The molecule has 1 aromatic heterocycles. The minimum absolute atomic E-state index is 0.149. The van der Waals surface area contributed by atoms with E-state index in [0.29, 0.717) is 0 Å². The molecule has 0 bridgehead atoms. The molecule has 0 amide bonds. The van der Waals surface area contributed by atoms with Crippen LogP contribution in [0.15, 0.2) is 17.6 Å². The van der Waals surface area contributed by atoms with Gasteiger partial charge in [0, 0.05) is 23.7 Å². The summed E-state index contributed by atoms with van der Waals surface area (Å²) in [6, 6.07) is 0. The largest absolute Gasteiger partial charge is 0.394 e. The van der Waals surface area contributed by atoms with Gasteiger partial charge in [-0.05, 0) is 26.8 Å². The number of thioether (sulfide) groups is 1. The molecule has 0 aliphatic carbocycles. The van der Waals surface area contributed by atoms with E-state index in [1.165, 1.54) is 0 Å². The van der Waals surface area contributed by atoms with Gasteiger partial charge in [0.15, 0.2) is 5.16 Å². The number of aliphatic hydroxyl groups is 1. The molecule has 86 valence electrons. The third kappa shape index (κ3) is 4.24. The molecule has 1 aromatic rings. The highest BCUT2D eigenvalue weighted by Crippen LogP contribution is 2.17. The van der Waals surface area contributed by atoms with E-state index in [1.54, 1.807) is 18.0 Å². The highest BCUT2D eigenvalue weighted by molar-refractivity contribution is 7.99. The molecule has 0 spiro atoms. The smallest absolute Gasteiger partial charge is 0.165 e. The first kappa shape index (κ1) is 12.5. The molecule has 3 N–H and O–H groups in total. The summed E-state index contributed by atoms with van der Waals surface area (Å²) in [5.74, 6) is 1.02. The van der Waals surface area contributed by atoms with Crippen LogP contribution in [0.5, 0.6) is 0 Å². The summed E-state index contributed by atoms with van der Waals surface area (Å²) in [7, 11) is 1.88. The van der Waals surface area contributed by atoms with Crippen molar-refractivity contribution in [2.45, 2.75) is 30.5 Å². The van der Waals surface area contributed by atoms with Crippen LogP contribution in [0.4, 0.5) is 0 Å². The van der Waals surface area contributed by atoms with Gasteiger partial charge >= 0.3 is 0 Å². The van der Waals surface area contributed by atoms with E-state index in [9.17, 15) is 5.11 Å². The Balaban J connectivity index is 2.16. The van der Waals surface area contributed by atoms with Gasteiger partial charge in [0.1, 0.15) is 0 Å². The van der Waals surface area contributed by atoms with Gasteiger partial charge in [-0.15, -0.1) is 0 Å². The first-order valence-electron chi connectivity index (χ1n) is 5.12. The maximum Gasteiger partial charge on any atom is 0.165 e. The highest BCUT2D eigenvalue weighted by Gasteiger charge is 2.19. The summed E-state index contributed by atoms with van der Waals surface area (Å²) < 4.78 is 0. The molecule has 0 radical (unpaired) electrons. The van der Waals surface area contributed by atoms with E-state index >= 15 is 0 Å². The SMILES string of the molecule is CNC(C)(CO)CCCSc1ncc[nH]1. The number of aromatic nitrogens is 2. The number of aromatic amines is 1. The zero-order valence-electron chi connectivity index (χ0n) is 9.29. The van der Waals surface area contributed by atoms with Crippen LogP contribution >= 0.6 is 11.8 Å². The Hall–Kier alpha value is -0.520. The molecule has 0 saturated carbocycles. The van der Waals surface area contributed by atoms with Gasteiger partial charge < -0.3 is 15.4 Å². The van der Waals surface area contributed by atoms with Crippen molar-refractivity contribution in [1.29, 1.82) is 0 Å². The Labute approximate surface area is 94.9 Å². The first-order chi connectivity index (χ1) is 7.20. The molecule has 1 unspecified atom stereocenters. The van der Waals surface area contributed by atoms with Gasteiger partial charge in [-0.1, -0.05) is 11.8 Å². The molecule has 1 heterocycles. The van der Waals surface area contributed by atoms with Crippen LogP contribution in [0.25, 0.3) is 0 Å². The average Bonchev–Trinajstić information content (AvgIpc) is 2.77. The summed E-state index contributed by atoms with van der Waals surface area (Å²) >= 11 is 1.71. The molecule has 5 heteroatoms. The van der Waals surface area contributed by atoms with Crippen molar-refractivity contribution >= 4 is 11.8 Å². The standard InChI is InChI=1S/C10H19N3OS/c1-10(8-14,11-2)4-3-7-15-9-12-5-6-13-9/h5-6,11,14H,3-4,7-8H2,1-2H3,(H,12,13). The predicted molar refractivity (Wildman–Crippen MR) is 63.1 cm³/mol. The van der Waals surface area contributed by atoms with Gasteiger partial charge in [0.25, 0.3) is 0 Å². The number of rotatable bonds is 7. The molecule has 0 aliphatic rings. The van der Waals surface area contributed by atoms with Crippen molar-refractivity contribution in [3.8, 4) is 0 Å². The highest BCUT2D eigenvalue weighted by atomic mass is 32.2. The molecule has 15 heavy (non-hydrogen) atoms. The number of aliphatic hydroxyl groups excluding tert-OH is 1. The summed E-state index contributed by atoms with van der Waals surface area (Å²) in [4.78, 5) is 7.18. The fourth-order valence-electron chi connectivity index (χ4n) is 1.24. The van der Waals surface area contributed by atoms with E-state index in [0.717, 1.165) is 23.8 Å². The minimum Gasteiger partial charge on any atom is -0.394 e. The molecule has 4 nitrogen and oxygen atoms in total. The summed E-state index contributed by atoms with van der Waals surface area (Å²) in [6.45, 7) is 2.21. The Morgan fingerprint density at radius 1 is 1.67 bits per heavy atom. The zero-order valence-corrected chi connectivity index (χ0v) is 10.1. The van der Waals surface area contributed by atoms with Crippen LogP contribution in [-0.4, -0.2) is 40.0 Å². The number of nitrogens with zero attached hydrogens (tertiary/aromatic N) is 1. The molecule has 0 fully saturated rings. The summed E-state index contributed by atoms with van der Waals surface area (Å²) in [5.41, 5.74) is -0.149. The zero-order chi connectivity index (χ0) is 11.1. The van der Waals surface area contributed by atoms with E-state index in [1.807, 2.05) is 20.2 Å². The van der Waals surface area contributed by atoms with E-state index in [2.05, 4.69) is 15.3 Å². The Bertz CT molecular complexity index is 260. The maximum atomic E-state index is 9.18. The predicted octanol–water partition coefficient (Wildman–Crippen LogP) is 1.25. The van der Waals surface area contributed by atoms with Gasteiger partial charge in [-0.2, -0.15) is 0 Å².